The largest absolute Gasteiger partial charge is 0.489 e. The predicted molar refractivity (Wildman–Crippen MR) is 108 cm³/mol. The van der Waals surface area contributed by atoms with Crippen molar-refractivity contribution in [2.75, 3.05) is 17.5 Å². The normalized spacial score (nSPS) is 14.1. The number of rotatable bonds is 3. The third-order valence-electron chi connectivity index (χ3n) is 4.86. The molecule has 1 heterocycles. The zero-order valence-corrected chi connectivity index (χ0v) is 17.5. The first kappa shape index (κ1) is 22.3. The second-order valence-electron chi connectivity index (χ2n) is 6.85. The van der Waals surface area contributed by atoms with Gasteiger partial charge in [0.25, 0.3) is 10.0 Å². The van der Waals surface area contributed by atoms with Crippen molar-refractivity contribution in [2.24, 2.45) is 0 Å². The lowest BCUT2D eigenvalue weighted by atomic mass is 10.0. The monoisotopic (exact) mass is 489 g/mol. The highest BCUT2D eigenvalue weighted by molar-refractivity contribution is 7.92. The van der Waals surface area contributed by atoms with Crippen LogP contribution in [0.3, 0.4) is 0 Å². The van der Waals surface area contributed by atoms with E-state index in [4.69, 9.17) is 16.3 Å². The summed E-state index contributed by atoms with van der Waals surface area (Å²) in [6.07, 6.45) is -4.73. The average Bonchev–Trinajstić information content (AvgIpc) is 2.74. The summed E-state index contributed by atoms with van der Waals surface area (Å²) in [5, 5.41) is -0.0217. The van der Waals surface area contributed by atoms with Crippen molar-refractivity contribution in [3.8, 4) is 16.9 Å². The molecule has 0 bridgehead atoms. The average molecular weight is 490 g/mol. The molecular formula is C21H13ClF5NO3S. The van der Waals surface area contributed by atoms with E-state index in [-0.39, 0.29) is 40.7 Å². The molecule has 0 saturated carbocycles. The van der Waals surface area contributed by atoms with E-state index < -0.39 is 38.3 Å². The molecule has 0 spiro atoms. The van der Waals surface area contributed by atoms with Gasteiger partial charge in [-0.25, -0.2) is 17.2 Å². The summed E-state index contributed by atoms with van der Waals surface area (Å²) in [5.41, 5.74) is -1.39. The fourth-order valence-corrected chi connectivity index (χ4v) is 5.09. The third kappa shape index (κ3) is 3.88. The van der Waals surface area contributed by atoms with Crippen molar-refractivity contribution < 1.29 is 35.1 Å². The van der Waals surface area contributed by atoms with Gasteiger partial charge in [-0.2, -0.15) is 13.2 Å². The maximum atomic E-state index is 14.3. The van der Waals surface area contributed by atoms with E-state index in [1.54, 1.807) is 0 Å². The van der Waals surface area contributed by atoms with Crippen LogP contribution in [0.1, 0.15) is 5.56 Å². The summed E-state index contributed by atoms with van der Waals surface area (Å²) >= 11 is 6.21. The first-order valence-corrected chi connectivity index (χ1v) is 10.9. The van der Waals surface area contributed by atoms with Gasteiger partial charge >= 0.3 is 6.18 Å². The molecule has 4 rings (SSSR count). The molecule has 0 unspecified atom stereocenters. The van der Waals surface area contributed by atoms with E-state index in [1.165, 1.54) is 24.3 Å². The summed E-state index contributed by atoms with van der Waals surface area (Å²) in [7, 11) is -4.45. The van der Waals surface area contributed by atoms with E-state index in [9.17, 15) is 30.4 Å². The maximum Gasteiger partial charge on any atom is 0.416 e. The molecule has 0 N–H and O–H groups in total. The van der Waals surface area contributed by atoms with Crippen molar-refractivity contribution in [1.29, 1.82) is 0 Å². The van der Waals surface area contributed by atoms with Crippen LogP contribution in [0, 0.1) is 11.6 Å². The van der Waals surface area contributed by atoms with E-state index in [0.717, 1.165) is 28.6 Å². The molecule has 11 heteroatoms. The lowest BCUT2D eigenvalue weighted by molar-refractivity contribution is -0.137. The molecule has 0 aromatic heterocycles. The maximum absolute atomic E-state index is 14.3. The molecule has 1 aliphatic heterocycles. The van der Waals surface area contributed by atoms with E-state index in [2.05, 4.69) is 0 Å². The van der Waals surface area contributed by atoms with Gasteiger partial charge in [0.1, 0.15) is 12.4 Å². The number of alkyl halides is 3. The minimum atomic E-state index is -4.73. The Morgan fingerprint density at radius 2 is 1.69 bits per heavy atom. The first-order valence-electron chi connectivity index (χ1n) is 9.11. The van der Waals surface area contributed by atoms with Crippen LogP contribution < -0.4 is 9.04 Å². The molecular weight excluding hydrogens is 477 g/mol. The molecule has 4 nitrogen and oxygen atoms in total. The molecule has 0 fully saturated rings. The summed E-state index contributed by atoms with van der Waals surface area (Å²) in [6.45, 7) is -0.298. The fourth-order valence-electron chi connectivity index (χ4n) is 3.34. The Hall–Kier alpha value is -2.85. The molecule has 3 aromatic carbocycles. The number of anilines is 1. The number of fused-ring (bicyclic) bond motifs is 1. The zero-order chi connectivity index (χ0) is 23.3. The van der Waals surface area contributed by atoms with Crippen molar-refractivity contribution in [3.05, 3.63) is 76.8 Å². The second-order valence-corrected chi connectivity index (χ2v) is 9.12. The van der Waals surface area contributed by atoms with Crippen LogP contribution in [0.5, 0.6) is 5.75 Å². The van der Waals surface area contributed by atoms with Crippen LogP contribution >= 0.6 is 11.6 Å². The molecule has 3 aromatic rings. The molecule has 168 valence electrons. The van der Waals surface area contributed by atoms with Crippen LogP contribution in [-0.4, -0.2) is 21.6 Å². The summed E-state index contributed by atoms with van der Waals surface area (Å²) < 4.78 is 100. The standard InChI is InChI=1S/C21H13ClF5NO3S/c22-16-11-19-18(10-15(16)14-5-2-6-17(23)20(14)24)28(7-8-31-19)32(29,30)13-4-1-3-12(9-13)21(25,26)27/h1-6,9-11H,7-8H2. The molecule has 1 aliphatic rings. The minimum Gasteiger partial charge on any atom is -0.489 e. The van der Waals surface area contributed by atoms with Crippen LogP contribution in [0.4, 0.5) is 27.6 Å². The fraction of sp³-hybridized carbons (Fsp3) is 0.143. The van der Waals surface area contributed by atoms with Crippen LogP contribution in [0.25, 0.3) is 11.1 Å². The number of hydrogen-bond acceptors (Lipinski definition) is 3. The Labute approximate surface area is 184 Å². The quantitative estimate of drug-likeness (QED) is 0.431. The van der Waals surface area contributed by atoms with Gasteiger partial charge in [-0.1, -0.05) is 29.8 Å². The Morgan fingerprint density at radius 3 is 2.41 bits per heavy atom. The molecule has 0 radical (unpaired) electrons. The molecule has 32 heavy (non-hydrogen) atoms. The van der Waals surface area contributed by atoms with Gasteiger partial charge in [-0.3, -0.25) is 4.31 Å². The first-order chi connectivity index (χ1) is 15.0. The van der Waals surface area contributed by atoms with Gasteiger partial charge in [0.05, 0.1) is 27.7 Å². The lowest BCUT2D eigenvalue weighted by Crippen LogP contribution is -2.38. The van der Waals surface area contributed by atoms with Gasteiger partial charge in [-0.05, 0) is 30.3 Å². The topological polar surface area (TPSA) is 46.6 Å². The van der Waals surface area contributed by atoms with Gasteiger partial charge < -0.3 is 4.74 Å². The predicted octanol–water partition coefficient (Wildman–Crippen LogP) is 5.89. The molecule has 0 saturated heterocycles. The Balaban J connectivity index is 1.86. The van der Waals surface area contributed by atoms with Crippen LogP contribution in [0.15, 0.2) is 59.5 Å². The SMILES string of the molecule is O=S(=O)(c1cccc(C(F)(F)F)c1)N1CCOc2cc(Cl)c(-c3cccc(F)c3F)cc21. The van der Waals surface area contributed by atoms with Crippen molar-refractivity contribution in [2.45, 2.75) is 11.1 Å². The second kappa shape index (κ2) is 7.93. The lowest BCUT2D eigenvalue weighted by Gasteiger charge is -2.31. The zero-order valence-electron chi connectivity index (χ0n) is 16.0. The highest BCUT2D eigenvalue weighted by Crippen LogP contribution is 2.43. The number of sulfonamides is 1. The smallest absolute Gasteiger partial charge is 0.416 e. The molecule has 0 atom stereocenters. The minimum absolute atomic E-state index is 0.00263. The Morgan fingerprint density at radius 1 is 0.969 bits per heavy atom. The third-order valence-corrected chi connectivity index (χ3v) is 6.98. The van der Waals surface area contributed by atoms with E-state index >= 15 is 0 Å². The van der Waals surface area contributed by atoms with Gasteiger partial charge in [0, 0.05) is 17.2 Å². The number of benzene rings is 3. The van der Waals surface area contributed by atoms with Crippen molar-refractivity contribution in [3.63, 3.8) is 0 Å². The summed E-state index contributed by atoms with van der Waals surface area (Å²) in [4.78, 5) is -0.575. The van der Waals surface area contributed by atoms with Crippen molar-refractivity contribution >= 4 is 27.3 Å². The number of halogens is 6. The van der Waals surface area contributed by atoms with Crippen LogP contribution in [-0.2, 0) is 16.2 Å². The highest BCUT2D eigenvalue weighted by Gasteiger charge is 2.35. The van der Waals surface area contributed by atoms with Crippen molar-refractivity contribution in [1.82, 2.24) is 0 Å². The Kier molecular flexibility index (Phi) is 5.54. The van der Waals surface area contributed by atoms with Gasteiger partial charge in [0.15, 0.2) is 11.6 Å². The Bertz CT molecular complexity index is 1310. The molecule has 0 amide bonds. The van der Waals surface area contributed by atoms with E-state index in [0.29, 0.717) is 6.07 Å². The van der Waals surface area contributed by atoms with Gasteiger partial charge in [-0.15, -0.1) is 0 Å². The van der Waals surface area contributed by atoms with Crippen LogP contribution in [0.2, 0.25) is 5.02 Å². The summed E-state index contributed by atoms with van der Waals surface area (Å²) in [6, 6.07) is 9.24. The number of hydrogen-bond donors (Lipinski definition) is 0. The highest BCUT2D eigenvalue weighted by atomic mass is 35.5. The summed E-state index contributed by atoms with van der Waals surface area (Å²) in [5.74, 6) is -2.27. The molecule has 0 aliphatic carbocycles. The number of nitrogens with zero attached hydrogens (tertiary/aromatic N) is 1. The van der Waals surface area contributed by atoms with E-state index in [1.807, 2.05) is 0 Å². The van der Waals surface area contributed by atoms with Gasteiger partial charge in [0.2, 0.25) is 0 Å². The number of ether oxygens (including phenoxy) is 1.